The van der Waals surface area contributed by atoms with E-state index >= 15 is 0 Å². The number of anilines is 1. The standard InChI is InChI=1S/C26H24N4O2/c31-23-13-11-21(12-14-23)28-15-17-29(18-16-28)26(32)24-19-30(22-9-5-2-6-10-22)27-25(24)20-7-3-1-4-8-20/h1-14,19,31H,15-18H2. The molecule has 1 N–H and O–H groups in total. The van der Waals surface area contributed by atoms with Crippen LogP contribution in [0.2, 0.25) is 0 Å². The number of phenolic OH excluding ortho intramolecular Hbond substituents is 1. The van der Waals surface area contributed by atoms with Gasteiger partial charge in [-0.15, -0.1) is 0 Å². The van der Waals surface area contributed by atoms with Gasteiger partial charge in [-0.1, -0.05) is 48.5 Å². The number of benzene rings is 3. The molecule has 2 heterocycles. The number of piperazine rings is 1. The molecule has 1 saturated heterocycles. The van der Waals surface area contributed by atoms with Gasteiger partial charge < -0.3 is 14.9 Å². The normalized spacial score (nSPS) is 13.9. The summed E-state index contributed by atoms with van der Waals surface area (Å²) in [5.41, 5.74) is 4.20. The lowest BCUT2D eigenvalue weighted by atomic mass is 10.1. The number of amides is 1. The second-order valence-electron chi connectivity index (χ2n) is 7.83. The van der Waals surface area contributed by atoms with Crippen molar-refractivity contribution in [2.75, 3.05) is 31.1 Å². The molecule has 0 saturated carbocycles. The largest absolute Gasteiger partial charge is 0.508 e. The Morgan fingerprint density at radius 3 is 2.03 bits per heavy atom. The Morgan fingerprint density at radius 1 is 0.750 bits per heavy atom. The lowest BCUT2D eigenvalue weighted by Crippen LogP contribution is -2.48. The second kappa shape index (κ2) is 8.59. The highest BCUT2D eigenvalue weighted by Crippen LogP contribution is 2.26. The maximum Gasteiger partial charge on any atom is 0.257 e. The smallest absolute Gasteiger partial charge is 0.257 e. The van der Waals surface area contributed by atoms with Crippen LogP contribution in [0.15, 0.2) is 91.1 Å². The fourth-order valence-corrected chi connectivity index (χ4v) is 4.05. The van der Waals surface area contributed by atoms with Gasteiger partial charge in [0.15, 0.2) is 0 Å². The highest BCUT2D eigenvalue weighted by Gasteiger charge is 2.26. The molecule has 0 aliphatic carbocycles. The maximum atomic E-state index is 13.5. The molecule has 6 heteroatoms. The molecule has 5 rings (SSSR count). The summed E-state index contributed by atoms with van der Waals surface area (Å²) in [6.45, 7) is 2.74. The van der Waals surface area contributed by atoms with Crippen LogP contribution in [0.3, 0.4) is 0 Å². The van der Waals surface area contributed by atoms with Crippen molar-refractivity contribution >= 4 is 11.6 Å². The van der Waals surface area contributed by atoms with Crippen LogP contribution in [0.25, 0.3) is 16.9 Å². The molecule has 32 heavy (non-hydrogen) atoms. The van der Waals surface area contributed by atoms with Crippen molar-refractivity contribution in [1.82, 2.24) is 14.7 Å². The number of para-hydroxylation sites is 1. The predicted molar refractivity (Wildman–Crippen MR) is 125 cm³/mol. The van der Waals surface area contributed by atoms with Gasteiger partial charge in [-0.3, -0.25) is 4.79 Å². The van der Waals surface area contributed by atoms with Crippen LogP contribution in [0.4, 0.5) is 5.69 Å². The highest BCUT2D eigenvalue weighted by molar-refractivity contribution is 6.00. The average Bonchev–Trinajstić information content (AvgIpc) is 3.31. The zero-order valence-electron chi connectivity index (χ0n) is 17.6. The van der Waals surface area contributed by atoms with Crippen LogP contribution < -0.4 is 4.90 Å². The van der Waals surface area contributed by atoms with Crippen molar-refractivity contribution in [3.63, 3.8) is 0 Å². The van der Waals surface area contributed by atoms with Crippen LogP contribution in [0.5, 0.6) is 5.75 Å². The van der Waals surface area contributed by atoms with E-state index in [4.69, 9.17) is 5.10 Å². The molecule has 1 fully saturated rings. The number of aromatic nitrogens is 2. The van der Waals surface area contributed by atoms with E-state index in [9.17, 15) is 9.90 Å². The predicted octanol–water partition coefficient (Wildman–Crippen LogP) is 4.21. The summed E-state index contributed by atoms with van der Waals surface area (Å²) in [5, 5.41) is 14.3. The number of phenols is 1. The molecule has 0 unspecified atom stereocenters. The summed E-state index contributed by atoms with van der Waals surface area (Å²) in [4.78, 5) is 17.7. The van der Waals surface area contributed by atoms with Crippen molar-refractivity contribution in [2.45, 2.75) is 0 Å². The van der Waals surface area contributed by atoms with Crippen molar-refractivity contribution in [1.29, 1.82) is 0 Å². The third-order valence-corrected chi connectivity index (χ3v) is 5.79. The summed E-state index contributed by atoms with van der Waals surface area (Å²) < 4.78 is 1.78. The van der Waals surface area contributed by atoms with Gasteiger partial charge in [0.05, 0.1) is 11.3 Å². The minimum atomic E-state index is -0.00334. The number of hydrogen-bond acceptors (Lipinski definition) is 4. The third-order valence-electron chi connectivity index (χ3n) is 5.79. The van der Waals surface area contributed by atoms with E-state index in [1.807, 2.05) is 83.9 Å². The van der Waals surface area contributed by atoms with Gasteiger partial charge in [-0.05, 0) is 36.4 Å². The fraction of sp³-hybridized carbons (Fsp3) is 0.154. The van der Waals surface area contributed by atoms with E-state index in [1.54, 1.807) is 16.8 Å². The molecular formula is C26H24N4O2. The quantitative estimate of drug-likeness (QED) is 0.533. The Hall–Kier alpha value is -4.06. The molecule has 1 aliphatic heterocycles. The fourth-order valence-electron chi connectivity index (χ4n) is 4.05. The molecule has 1 aliphatic rings. The Kier molecular flexibility index (Phi) is 5.34. The monoisotopic (exact) mass is 424 g/mol. The first-order chi connectivity index (χ1) is 15.7. The Balaban J connectivity index is 1.40. The molecule has 1 aromatic heterocycles. The molecule has 4 aromatic rings. The summed E-state index contributed by atoms with van der Waals surface area (Å²) in [6.07, 6.45) is 1.84. The van der Waals surface area contributed by atoms with E-state index in [0.29, 0.717) is 24.3 Å². The van der Waals surface area contributed by atoms with E-state index in [-0.39, 0.29) is 11.7 Å². The number of aromatic hydroxyl groups is 1. The lowest BCUT2D eigenvalue weighted by Gasteiger charge is -2.36. The molecule has 0 radical (unpaired) electrons. The van der Waals surface area contributed by atoms with Gasteiger partial charge in [0.2, 0.25) is 0 Å². The third kappa shape index (κ3) is 3.95. The minimum absolute atomic E-state index is 0.00334. The first kappa shape index (κ1) is 19.9. The van der Waals surface area contributed by atoms with Crippen LogP contribution in [0.1, 0.15) is 10.4 Å². The molecule has 0 spiro atoms. The number of nitrogens with zero attached hydrogens (tertiary/aromatic N) is 4. The van der Waals surface area contributed by atoms with Crippen molar-refractivity contribution in [3.8, 4) is 22.7 Å². The van der Waals surface area contributed by atoms with E-state index in [1.165, 1.54) is 0 Å². The first-order valence-corrected chi connectivity index (χ1v) is 10.7. The van der Waals surface area contributed by atoms with Gasteiger partial charge in [0.1, 0.15) is 11.4 Å². The number of carbonyl (C=O) groups is 1. The molecule has 160 valence electrons. The molecule has 1 amide bonds. The minimum Gasteiger partial charge on any atom is -0.508 e. The van der Waals surface area contributed by atoms with E-state index in [2.05, 4.69) is 4.90 Å². The summed E-state index contributed by atoms with van der Waals surface area (Å²) >= 11 is 0. The molecule has 3 aromatic carbocycles. The topological polar surface area (TPSA) is 61.6 Å². The molecule has 0 atom stereocenters. The van der Waals surface area contributed by atoms with Crippen molar-refractivity contribution < 1.29 is 9.90 Å². The maximum absolute atomic E-state index is 13.5. The van der Waals surface area contributed by atoms with Gasteiger partial charge in [0.25, 0.3) is 5.91 Å². The number of carbonyl (C=O) groups excluding carboxylic acids is 1. The van der Waals surface area contributed by atoms with Gasteiger partial charge in [-0.2, -0.15) is 5.10 Å². The van der Waals surface area contributed by atoms with Crippen LogP contribution >= 0.6 is 0 Å². The molecular weight excluding hydrogens is 400 g/mol. The summed E-state index contributed by atoms with van der Waals surface area (Å²) in [5.74, 6) is 0.253. The Bertz CT molecular complexity index is 1200. The number of hydrogen-bond donors (Lipinski definition) is 1. The van der Waals surface area contributed by atoms with Crippen LogP contribution in [-0.2, 0) is 0 Å². The summed E-state index contributed by atoms with van der Waals surface area (Å²) in [6, 6.07) is 26.9. The molecule has 6 nitrogen and oxygen atoms in total. The Morgan fingerprint density at radius 2 is 1.38 bits per heavy atom. The average molecular weight is 425 g/mol. The Labute approximate surface area is 187 Å². The van der Waals surface area contributed by atoms with Crippen LogP contribution in [-0.4, -0.2) is 51.9 Å². The van der Waals surface area contributed by atoms with E-state index in [0.717, 1.165) is 30.0 Å². The number of rotatable bonds is 4. The van der Waals surface area contributed by atoms with Crippen LogP contribution in [0, 0.1) is 0 Å². The van der Waals surface area contributed by atoms with Gasteiger partial charge in [0, 0.05) is 43.6 Å². The van der Waals surface area contributed by atoms with E-state index < -0.39 is 0 Å². The highest BCUT2D eigenvalue weighted by atomic mass is 16.3. The van der Waals surface area contributed by atoms with Crippen molar-refractivity contribution in [3.05, 3.63) is 96.7 Å². The SMILES string of the molecule is O=C(c1cn(-c2ccccc2)nc1-c1ccccc1)N1CCN(c2ccc(O)cc2)CC1. The second-order valence-corrected chi connectivity index (χ2v) is 7.83. The lowest BCUT2D eigenvalue weighted by molar-refractivity contribution is 0.0747. The molecule has 0 bridgehead atoms. The van der Waals surface area contributed by atoms with Crippen molar-refractivity contribution in [2.24, 2.45) is 0 Å². The zero-order valence-corrected chi connectivity index (χ0v) is 17.6. The van der Waals surface area contributed by atoms with Gasteiger partial charge >= 0.3 is 0 Å². The van der Waals surface area contributed by atoms with Gasteiger partial charge in [-0.25, -0.2) is 4.68 Å². The first-order valence-electron chi connectivity index (χ1n) is 10.7. The summed E-state index contributed by atoms with van der Waals surface area (Å²) in [7, 11) is 0. The zero-order chi connectivity index (χ0) is 21.9.